The summed E-state index contributed by atoms with van der Waals surface area (Å²) in [6.45, 7) is 5.19. The molecule has 6 heteroatoms. The quantitative estimate of drug-likeness (QED) is 0.868. The van der Waals surface area contributed by atoms with Crippen LogP contribution in [0.2, 0.25) is 0 Å². The van der Waals surface area contributed by atoms with Crippen LogP contribution in [0.15, 0.2) is 54.6 Å². The van der Waals surface area contributed by atoms with Crippen LogP contribution in [-0.2, 0) is 9.53 Å². The zero-order chi connectivity index (χ0) is 19.2. The van der Waals surface area contributed by atoms with Gasteiger partial charge in [-0.2, -0.15) is 0 Å². The average molecular weight is 356 g/mol. The van der Waals surface area contributed by atoms with Gasteiger partial charge in [0.25, 0.3) is 0 Å². The van der Waals surface area contributed by atoms with E-state index in [0.29, 0.717) is 17.2 Å². The summed E-state index contributed by atoms with van der Waals surface area (Å²) in [6.07, 6.45) is -0.554. The van der Waals surface area contributed by atoms with Gasteiger partial charge in [-0.3, -0.25) is 4.79 Å². The van der Waals surface area contributed by atoms with Crippen LogP contribution < -0.4 is 10.1 Å². The first-order valence-corrected chi connectivity index (χ1v) is 8.30. The molecule has 0 unspecified atom stereocenters. The largest absolute Gasteiger partial charge is 0.455 e. The summed E-state index contributed by atoms with van der Waals surface area (Å²) >= 11 is 0. The van der Waals surface area contributed by atoms with E-state index in [1.165, 1.54) is 11.9 Å². The molecule has 0 aliphatic heterocycles. The molecular formula is C20H24N2O4. The Hall–Kier alpha value is -3.02. The van der Waals surface area contributed by atoms with Crippen molar-refractivity contribution in [3.05, 3.63) is 54.6 Å². The average Bonchev–Trinajstić information content (AvgIpc) is 2.56. The summed E-state index contributed by atoms with van der Waals surface area (Å²) in [5.41, 5.74) is -0.0864. The van der Waals surface area contributed by atoms with Gasteiger partial charge in [-0.15, -0.1) is 0 Å². The molecule has 2 amide bonds. The molecule has 0 radical (unpaired) electrons. The number of carbonyl (C=O) groups is 2. The number of carbonyl (C=O) groups excluding carboxylic acids is 2. The fraction of sp³-hybridized carbons (Fsp3) is 0.300. The number of anilines is 1. The number of nitrogens with zero attached hydrogens (tertiary/aromatic N) is 1. The molecule has 0 saturated heterocycles. The van der Waals surface area contributed by atoms with E-state index < -0.39 is 11.7 Å². The molecule has 0 spiro atoms. The number of rotatable bonds is 5. The second-order valence-corrected chi connectivity index (χ2v) is 6.80. The van der Waals surface area contributed by atoms with Crippen molar-refractivity contribution < 1.29 is 19.1 Å². The van der Waals surface area contributed by atoms with E-state index >= 15 is 0 Å². The highest BCUT2D eigenvalue weighted by Crippen LogP contribution is 2.29. The highest BCUT2D eigenvalue weighted by molar-refractivity contribution is 5.95. The highest BCUT2D eigenvalue weighted by Gasteiger charge is 2.21. The minimum Gasteiger partial charge on any atom is -0.455 e. The minimum absolute atomic E-state index is 0.130. The predicted molar refractivity (Wildman–Crippen MR) is 100 cm³/mol. The van der Waals surface area contributed by atoms with Crippen LogP contribution in [0.25, 0.3) is 0 Å². The van der Waals surface area contributed by atoms with Gasteiger partial charge in [-0.1, -0.05) is 30.3 Å². The molecule has 26 heavy (non-hydrogen) atoms. The molecule has 6 nitrogen and oxygen atoms in total. The molecule has 0 saturated carbocycles. The van der Waals surface area contributed by atoms with E-state index in [0.717, 1.165) is 0 Å². The zero-order valence-corrected chi connectivity index (χ0v) is 15.5. The summed E-state index contributed by atoms with van der Waals surface area (Å²) in [6, 6.07) is 16.4. The maximum atomic E-state index is 12.3. The number of ether oxygens (including phenoxy) is 2. The van der Waals surface area contributed by atoms with Crippen molar-refractivity contribution in [2.24, 2.45) is 0 Å². The first-order chi connectivity index (χ1) is 12.2. The van der Waals surface area contributed by atoms with Crippen LogP contribution in [0.1, 0.15) is 20.8 Å². The number of hydrogen-bond donors (Lipinski definition) is 1. The highest BCUT2D eigenvalue weighted by atomic mass is 16.6. The normalized spacial score (nSPS) is 10.8. The minimum atomic E-state index is -0.613. The SMILES string of the molecule is CN(CC(=O)Nc1ccccc1Oc1ccccc1)C(=O)OC(C)(C)C. The first-order valence-electron chi connectivity index (χ1n) is 8.30. The van der Waals surface area contributed by atoms with Gasteiger partial charge in [-0.25, -0.2) is 4.79 Å². The molecule has 0 aromatic heterocycles. The summed E-state index contributed by atoms with van der Waals surface area (Å²) < 4.78 is 11.0. The molecule has 0 fully saturated rings. The van der Waals surface area contributed by atoms with Crippen LogP contribution in [0.4, 0.5) is 10.5 Å². The lowest BCUT2D eigenvalue weighted by Crippen LogP contribution is -2.38. The number of likely N-dealkylation sites (N-methyl/N-ethyl adjacent to an activating group) is 1. The van der Waals surface area contributed by atoms with Crippen LogP contribution >= 0.6 is 0 Å². The van der Waals surface area contributed by atoms with E-state index in [9.17, 15) is 9.59 Å². The molecule has 2 aromatic rings. The maximum absolute atomic E-state index is 12.3. The van der Waals surface area contributed by atoms with E-state index in [1.54, 1.807) is 39.0 Å². The Morgan fingerprint density at radius 2 is 1.62 bits per heavy atom. The topological polar surface area (TPSA) is 67.9 Å². The third kappa shape index (κ3) is 6.12. The van der Waals surface area contributed by atoms with E-state index in [4.69, 9.17) is 9.47 Å². The molecule has 0 bridgehead atoms. The van der Waals surface area contributed by atoms with Gasteiger partial charge in [0.05, 0.1) is 5.69 Å². The molecule has 1 N–H and O–H groups in total. The Bertz CT molecular complexity index is 754. The molecule has 138 valence electrons. The van der Waals surface area contributed by atoms with E-state index in [1.807, 2.05) is 36.4 Å². The Kier molecular flexibility index (Phi) is 6.22. The lowest BCUT2D eigenvalue weighted by atomic mass is 10.2. The van der Waals surface area contributed by atoms with Crippen LogP contribution in [0.3, 0.4) is 0 Å². The number of nitrogens with one attached hydrogen (secondary N) is 1. The second-order valence-electron chi connectivity index (χ2n) is 6.80. The third-order valence-corrected chi connectivity index (χ3v) is 3.22. The molecular weight excluding hydrogens is 332 g/mol. The summed E-state index contributed by atoms with van der Waals surface area (Å²) in [5.74, 6) is 0.842. The smallest absolute Gasteiger partial charge is 0.410 e. The Morgan fingerprint density at radius 3 is 2.27 bits per heavy atom. The van der Waals surface area contributed by atoms with Gasteiger partial charge in [-0.05, 0) is 45.0 Å². The maximum Gasteiger partial charge on any atom is 0.410 e. The molecule has 0 aliphatic rings. The van der Waals surface area contributed by atoms with Gasteiger partial charge in [0, 0.05) is 7.05 Å². The number of para-hydroxylation sites is 3. The van der Waals surface area contributed by atoms with Crippen molar-refractivity contribution in [1.29, 1.82) is 0 Å². The number of hydrogen-bond acceptors (Lipinski definition) is 4. The van der Waals surface area contributed by atoms with Gasteiger partial charge < -0.3 is 19.7 Å². The lowest BCUT2D eigenvalue weighted by molar-refractivity contribution is -0.117. The van der Waals surface area contributed by atoms with E-state index in [2.05, 4.69) is 5.32 Å². The van der Waals surface area contributed by atoms with Crippen molar-refractivity contribution in [2.45, 2.75) is 26.4 Å². The number of benzene rings is 2. The lowest BCUT2D eigenvalue weighted by Gasteiger charge is -2.24. The third-order valence-electron chi connectivity index (χ3n) is 3.22. The fourth-order valence-corrected chi connectivity index (χ4v) is 2.08. The predicted octanol–water partition coefficient (Wildman–Crippen LogP) is 4.28. The first kappa shape index (κ1) is 19.3. The molecule has 0 aliphatic carbocycles. The Balaban J connectivity index is 2.00. The molecule has 0 atom stereocenters. The van der Waals surface area contributed by atoms with Gasteiger partial charge in [0.1, 0.15) is 17.9 Å². The van der Waals surface area contributed by atoms with E-state index in [-0.39, 0.29) is 12.5 Å². The summed E-state index contributed by atoms with van der Waals surface area (Å²) in [5, 5.41) is 2.77. The Morgan fingerprint density at radius 1 is 1.00 bits per heavy atom. The van der Waals surface area contributed by atoms with Crippen LogP contribution in [-0.4, -0.2) is 36.1 Å². The fourth-order valence-electron chi connectivity index (χ4n) is 2.08. The van der Waals surface area contributed by atoms with Crippen molar-refractivity contribution in [1.82, 2.24) is 4.90 Å². The second kappa shape index (κ2) is 8.38. The zero-order valence-electron chi connectivity index (χ0n) is 15.5. The summed E-state index contributed by atoms with van der Waals surface area (Å²) in [7, 11) is 1.51. The standard InChI is InChI=1S/C20H24N2O4/c1-20(2,3)26-19(24)22(4)14-18(23)21-16-12-8-9-13-17(16)25-15-10-6-5-7-11-15/h5-13H,14H2,1-4H3,(H,21,23). The molecule has 2 aromatic carbocycles. The van der Waals surface area contributed by atoms with Crippen molar-refractivity contribution in [2.75, 3.05) is 18.9 Å². The van der Waals surface area contributed by atoms with Gasteiger partial charge in [0.15, 0.2) is 5.75 Å². The van der Waals surface area contributed by atoms with Crippen molar-refractivity contribution >= 4 is 17.7 Å². The summed E-state index contributed by atoms with van der Waals surface area (Å²) in [4.78, 5) is 25.5. The molecule has 2 rings (SSSR count). The number of amides is 2. The monoisotopic (exact) mass is 356 g/mol. The van der Waals surface area contributed by atoms with Gasteiger partial charge >= 0.3 is 6.09 Å². The Labute approximate surface area is 153 Å². The van der Waals surface area contributed by atoms with Crippen molar-refractivity contribution in [3.8, 4) is 11.5 Å². The van der Waals surface area contributed by atoms with Crippen LogP contribution in [0, 0.1) is 0 Å². The van der Waals surface area contributed by atoms with Crippen LogP contribution in [0.5, 0.6) is 11.5 Å². The van der Waals surface area contributed by atoms with Gasteiger partial charge in [0.2, 0.25) is 5.91 Å². The van der Waals surface area contributed by atoms with Crippen molar-refractivity contribution in [3.63, 3.8) is 0 Å². The molecule has 0 heterocycles.